The molecule has 0 aliphatic rings. The molecular formula is C19H20N2O4. The van der Waals surface area contributed by atoms with Gasteiger partial charge in [-0.3, -0.25) is 9.59 Å². The molecule has 6 nitrogen and oxygen atoms in total. The molecule has 1 amide bonds. The lowest BCUT2D eigenvalue weighted by Gasteiger charge is -2.13. The first kappa shape index (κ1) is 18.2. The van der Waals surface area contributed by atoms with E-state index in [-0.39, 0.29) is 18.3 Å². The van der Waals surface area contributed by atoms with Crippen LogP contribution >= 0.6 is 0 Å². The number of nitrogens with zero attached hydrogens (tertiary/aromatic N) is 1. The molecule has 0 heterocycles. The van der Waals surface area contributed by atoms with E-state index in [1.54, 1.807) is 42.5 Å². The monoisotopic (exact) mass is 340 g/mol. The van der Waals surface area contributed by atoms with Gasteiger partial charge in [-0.2, -0.15) is 0 Å². The van der Waals surface area contributed by atoms with Crippen LogP contribution < -0.4 is 10.2 Å². The van der Waals surface area contributed by atoms with Crippen LogP contribution in [0.15, 0.2) is 48.5 Å². The summed E-state index contributed by atoms with van der Waals surface area (Å²) in [7, 11) is 3.75. The number of ether oxygens (including phenoxy) is 1. The highest BCUT2D eigenvalue weighted by Crippen LogP contribution is 2.15. The number of benzene rings is 2. The summed E-state index contributed by atoms with van der Waals surface area (Å²) in [5, 5.41) is 2.62. The normalized spacial score (nSPS) is 10.0. The summed E-state index contributed by atoms with van der Waals surface area (Å²) in [4.78, 5) is 37.1. The Morgan fingerprint density at radius 3 is 2.28 bits per heavy atom. The fourth-order valence-electron chi connectivity index (χ4n) is 2.15. The molecule has 2 rings (SSSR count). The van der Waals surface area contributed by atoms with Gasteiger partial charge in [0.2, 0.25) is 5.91 Å². The van der Waals surface area contributed by atoms with Crippen LogP contribution in [0.5, 0.6) is 0 Å². The summed E-state index contributed by atoms with van der Waals surface area (Å²) in [5.41, 5.74) is 2.26. The predicted molar refractivity (Wildman–Crippen MR) is 96.1 cm³/mol. The van der Waals surface area contributed by atoms with Crippen LogP contribution in [0.2, 0.25) is 0 Å². The number of rotatable bonds is 6. The third kappa shape index (κ3) is 5.17. The van der Waals surface area contributed by atoms with Gasteiger partial charge in [-0.1, -0.05) is 6.07 Å². The van der Waals surface area contributed by atoms with E-state index in [2.05, 4.69) is 5.32 Å². The predicted octanol–water partition coefficient (Wildman–Crippen LogP) is 2.75. The molecule has 0 bridgehead atoms. The summed E-state index contributed by atoms with van der Waals surface area (Å²) in [5.74, 6) is -1.05. The van der Waals surface area contributed by atoms with Gasteiger partial charge in [0.15, 0.2) is 12.4 Å². The Balaban J connectivity index is 1.96. The van der Waals surface area contributed by atoms with Gasteiger partial charge in [-0.25, -0.2) is 4.79 Å². The zero-order valence-electron chi connectivity index (χ0n) is 14.4. The lowest BCUT2D eigenvalue weighted by molar-refractivity contribution is -0.114. The fraction of sp³-hybridized carbons (Fsp3) is 0.211. The van der Waals surface area contributed by atoms with Crippen molar-refractivity contribution < 1.29 is 19.1 Å². The number of carbonyl (C=O) groups excluding carboxylic acids is 3. The molecule has 0 aromatic heterocycles. The minimum Gasteiger partial charge on any atom is -0.454 e. The molecule has 2 aromatic carbocycles. The molecule has 0 spiro atoms. The van der Waals surface area contributed by atoms with E-state index in [0.29, 0.717) is 16.8 Å². The van der Waals surface area contributed by atoms with Crippen molar-refractivity contribution in [1.82, 2.24) is 0 Å². The van der Waals surface area contributed by atoms with E-state index in [4.69, 9.17) is 4.74 Å². The highest BCUT2D eigenvalue weighted by Gasteiger charge is 2.13. The van der Waals surface area contributed by atoms with Crippen molar-refractivity contribution in [2.24, 2.45) is 0 Å². The SMILES string of the molecule is CC(=O)Nc1ccc(C(=O)COC(=O)c2cccc(N(C)C)c2)cc1. The van der Waals surface area contributed by atoms with Crippen molar-refractivity contribution >= 4 is 29.0 Å². The van der Waals surface area contributed by atoms with E-state index < -0.39 is 5.97 Å². The van der Waals surface area contributed by atoms with E-state index >= 15 is 0 Å². The topological polar surface area (TPSA) is 75.7 Å². The molecule has 0 aliphatic heterocycles. The number of hydrogen-bond acceptors (Lipinski definition) is 5. The Bertz CT molecular complexity index is 782. The third-order valence-corrected chi connectivity index (χ3v) is 3.46. The summed E-state index contributed by atoms with van der Waals surface area (Å²) in [6.07, 6.45) is 0. The molecule has 130 valence electrons. The van der Waals surface area contributed by atoms with Gasteiger partial charge >= 0.3 is 5.97 Å². The number of carbonyl (C=O) groups is 3. The first-order valence-electron chi connectivity index (χ1n) is 7.72. The van der Waals surface area contributed by atoms with Crippen LogP contribution in [0, 0.1) is 0 Å². The number of amides is 1. The number of ketones is 1. The van der Waals surface area contributed by atoms with Gasteiger partial charge < -0.3 is 15.0 Å². The summed E-state index contributed by atoms with van der Waals surface area (Å²) in [6.45, 7) is 1.06. The first-order chi connectivity index (χ1) is 11.9. The minimum absolute atomic E-state index is 0.187. The van der Waals surface area contributed by atoms with E-state index in [9.17, 15) is 14.4 Å². The van der Waals surface area contributed by atoms with E-state index in [1.165, 1.54) is 6.92 Å². The second-order valence-electron chi connectivity index (χ2n) is 5.70. The molecule has 0 unspecified atom stereocenters. The molecule has 0 atom stereocenters. The van der Waals surface area contributed by atoms with Crippen molar-refractivity contribution in [2.45, 2.75) is 6.92 Å². The zero-order chi connectivity index (χ0) is 18.4. The number of Topliss-reactive ketones (excluding diaryl/α,β-unsaturated/α-hetero) is 1. The second kappa shape index (κ2) is 8.10. The zero-order valence-corrected chi connectivity index (χ0v) is 14.4. The van der Waals surface area contributed by atoms with Crippen LogP contribution in [-0.4, -0.2) is 38.4 Å². The smallest absolute Gasteiger partial charge is 0.338 e. The number of hydrogen-bond donors (Lipinski definition) is 1. The Kier molecular flexibility index (Phi) is 5.89. The lowest BCUT2D eigenvalue weighted by atomic mass is 10.1. The second-order valence-corrected chi connectivity index (χ2v) is 5.70. The number of esters is 1. The Labute approximate surface area is 146 Å². The Morgan fingerprint density at radius 2 is 1.68 bits per heavy atom. The maximum Gasteiger partial charge on any atom is 0.338 e. The fourth-order valence-corrected chi connectivity index (χ4v) is 2.15. The minimum atomic E-state index is -0.549. The van der Waals surface area contributed by atoms with Gasteiger partial charge in [0.05, 0.1) is 5.56 Å². The van der Waals surface area contributed by atoms with Crippen molar-refractivity contribution in [3.8, 4) is 0 Å². The maximum absolute atomic E-state index is 12.1. The summed E-state index contributed by atoms with van der Waals surface area (Å²) in [6, 6.07) is 13.4. The molecular weight excluding hydrogens is 320 g/mol. The highest BCUT2D eigenvalue weighted by molar-refractivity contribution is 6.00. The first-order valence-corrected chi connectivity index (χ1v) is 7.72. The molecule has 0 saturated heterocycles. The van der Waals surface area contributed by atoms with Crippen LogP contribution in [0.3, 0.4) is 0 Å². The average Bonchev–Trinajstić information content (AvgIpc) is 2.59. The van der Waals surface area contributed by atoms with Crippen molar-refractivity contribution in [3.05, 3.63) is 59.7 Å². The molecule has 0 saturated carbocycles. The molecule has 1 N–H and O–H groups in total. The maximum atomic E-state index is 12.1. The standard InChI is InChI=1S/C19H20N2O4/c1-13(22)20-16-9-7-14(8-10-16)18(23)12-25-19(24)15-5-4-6-17(11-15)21(2)3/h4-11H,12H2,1-3H3,(H,20,22). The number of anilines is 2. The van der Waals surface area contributed by atoms with E-state index in [0.717, 1.165) is 5.69 Å². The average molecular weight is 340 g/mol. The van der Waals surface area contributed by atoms with Gasteiger partial charge in [0.25, 0.3) is 0 Å². The molecule has 2 aromatic rings. The Hall–Kier alpha value is -3.15. The number of nitrogens with one attached hydrogen (secondary N) is 1. The Morgan fingerprint density at radius 1 is 1.00 bits per heavy atom. The molecule has 0 aliphatic carbocycles. The molecule has 0 fully saturated rings. The quantitative estimate of drug-likeness (QED) is 0.646. The molecule has 0 radical (unpaired) electrons. The van der Waals surface area contributed by atoms with Gasteiger partial charge in [-0.15, -0.1) is 0 Å². The largest absolute Gasteiger partial charge is 0.454 e. The van der Waals surface area contributed by atoms with Crippen molar-refractivity contribution in [3.63, 3.8) is 0 Å². The van der Waals surface area contributed by atoms with Crippen molar-refractivity contribution in [1.29, 1.82) is 0 Å². The van der Waals surface area contributed by atoms with Crippen LogP contribution in [0.4, 0.5) is 11.4 Å². The summed E-state index contributed by atoms with van der Waals surface area (Å²) < 4.78 is 5.10. The third-order valence-electron chi connectivity index (χ3n) is 3.46. The molecule has 25 heavy (non-hydrogen) atoms. The van der Waals surface area contributed by atoms with Crippen molar-refractivity contribution in [2.75, 3.05) is 30.9 Å². The summed E-state index contributed by atoms with van der Waals surface area (Å²) >= 11 is 0. The molecule has 6 heteroatoms. The van der Waals surface area contributed by atoms with E-state index in [1.807, 2.05) is 25.1 Å². The van der Waals surface area contributed by atoms with Gasteiger partial charge in [-0.05, 0) is 42.5 Å². The highest BCUT2D eigenvalue weighted by atomic mass is 16.5. The van der Waals surface area contributed by atoms with Gasteiger partial charge in [0, 0.05) is 38.0 Å². The van der Waals surface area contributed by atoms with Gasteiger partial charge in [0.1, 0.15) is 0 Å². The van der Waals surface area contributed by atoms with Crippen LogP contribution in [0.25, 0.3) is 0 Å². The van der Waals surface area contributed by atoms with Crippen LogP contribution in [-0.2, 0) is 9.53 Å². The lowest BCUT2D eigenvalue weighted by Crippen LogP contribution is -2.15. The van der Waals surface area contributed by atoms with Crippen LogP contribution in [0.1, 0.15) is 27.6 Å².